The van der Waals surface area contributed by atoms with Crippen LogP contribution in [0.4, 0.5) is 5.13 Å². The molecule has 3 aromatic rings. The quantitative estimate of drug-likeness (QED) is 0.674. The first-order valence-corrected chi connectivity index (χ1v) is 11.9. The molecular weight excluding hydrogens is 406 g/mol. The van der Waals surface area contributed by atoms with E-state index in [-0.39, 0.29) is 10.8 Å². The van der Waals surface area contributed by atoms with Gasteiger partial charge in [0, 0.05) is 18.7 Å². The summed E-state index contributed by atoms with van der Waals surface area (Å²) in [5.41, 5.74) is 1.22. The molecule has 6 nitrogen and oxygen atoms in total. The summed E-state index contributed by atoms with van der Waals surface area (Å²) < 4.78 is 28.5. The number of aromatic nitrogens is 1. The Hall–Kier alpha value is -2.29. The summed E-state index contributed by atoms with van der Waals surface area (Å²) >= 11 is 1.40. The zero-order chi connectivity index (χ0) is 20.6. The molecule has 1 aliphatic rings. The largest absolute Gasteiger partial charge is 0.298 e. The van der Waals surface area contributed by atoms with Crippen molar-refractivity contribution >= 4 is 42.6 Å². The van der Waals surface area contributed by atoms with Crippen molar-refractivity contribution in [1.29, 1.82) is 0 Å². The van der Waals surface area contributed by atoms with Gasteiger partial charge in [0.2, 0.25) is 10.0 Å². The first-order valence-electron chi connectivity index (χ1n) is 9.60. The van der Waals surface area contributed by atoms with E-state index in [1.807, 2.05) is 24.3 Å². The molecule has 1 aliphatic heterocycles. The van der Waals surface area contributed by atoms with Crippen LogP contribution in [0.25, 0.3) is 10.2 Å². The molecule has 0 aliphatic carbocycles. The van der Waals surface area contributed by atoms with Gasteiger partial charge in [-0.3, -0.25) is 10.1 Å². The molecular formula is C21H23N3O3S2. The standard InChI is InChI=1S/C21H23N3O3S2/c1-14-11-15(2)13-24(12-14)29(26,27)17-9-7-16(8-10-17)20(25)23-21-22-18-5-3-4-6-19(18)28-21/h3-10,14-15H,11-13H2,1-2H3,(H,22,23,25)/t14-,15-/m1/s1. The van der Waals surface area contributed by atoms with Crippen molar-refractivity contribution in [2.45, 2.75) is 25.2 Å². The Morgan fingerprint density at radius 3 is 2.38 bits per heavy atom. The fourth-order valence-corrected chi connectivity index (χ4v) is 6.36. The predicted octanol–water partition coefficient (Wildman–Crippen LogP) is 4.22. The Morgan fingerprint density at radius 1 is 1.07 bits per heavy atom. The van der Waals surface area contributed by atoms with Crippen LogP contribution in [0.5, 0.6) is 0 Å². The van der Waals surface area contributed by atoms with E-state index in [9.17, 15) is 13.2 Å². The molecule has 8 heteroatoms. The van der Waals surface area contributed by atoms with Gasteiger partial charge in [-0.1, -0.05) is 37.3 Å². The van der Waals surface area contributed by atoms with Gasteiger partial charge in [0.1, 0.15) is 0 Å². The minimum atomic E-state index is -3.56. The topological polar surface area (TPSA) is 79.4 Å². The van der Waals surface area contributed by atoms with Crippen LogP contribution in [-0.2, 0) is 10.0 Å². The second-order valence-electron chi connectivity index (χ2n) is 7.73. The third kappa shape index (κ3) is 4.19. The molecule has 2 heterocycles. The molecule has 0 bridgehead atoms. The summed E-state index contributed by atoms with van der Waals surface area (Å²) in [4.78, 5) is 17.1. The lowest BCUT2D eigenvalue weighted by Gasteiger charge is -2.34. The fourth-order valence-electron chi connectivity index (χ4n) is 3.82. The number of carbonyl (C=O) groups excluding carboxylic acids is 1. The number of thiazole rings is 1. The second-order valence-corrected chi connectivity index (χ2v) is 10.7. The number of nitrogens with one attached hydrogen (secondary N) is 1. The minimum Gasteiger partial charge on any atom is -0.298 e. The number of hydrogen-bond acceptors (Lipinski definition) is 5. The number of sulfonamides is 1. The molecule has 1 N–H and O–H groups in total. The zero-order valence-corrected chi connectivity index (χ0v) is 18.0. The van der Waals surface area contributed by atoms with Crippen LogP contribution < -0.4 is 5.32 Å². The van der Waals surface area contributed by atoms with Gasteiger partial charge in [-0.05, 0) is 54.7 Å². The molecule has 1 amide bonds. The fraction of sp³-hybridized carbons (Fsp3) is 0.333. The van der Waals surface area contributed by atoms with Crippen LogP contribution in [-0.4, -0.2) is 36.7 Å². The summed E-state index contributed by atoms with van der Waals surface area (Å²) in [5.74, 6) is 0.369. The van der Waals surface area contributed by atoms with Crippen molar-refractivity contribution < 1.29 is 13.2 Å². The molecule has 152 valence electrons. The van der Waals surface area contributed by atoms with Crippen LogP contribution in [0.15, 0.2) is 53.4 Å². The minimum absolute atomic E-state index is 0.218. The van der Waals surface area contributed by atoms with Gasteiger partial charge in [-0.15, -0.1) is 0 Å². The first kappa shape index (κ1) is 20.0. The van der Waals surface area contributed by atoms with E-state index < -0.39 is 10.0 Å². The van der Waals surface area contributed by atoms with E-state index in [4.69, 9.17) is 0 Å². The lowest BCUT2D eigenvalue weighted by atomic mass is 9.94. The lowest BCUT2D eigenvalue weighted by molar-refractivity contribution is 0.102. The van der Waals surface area contributed by atoms with Crippen molar-refractivity contribution in [1.82, 2.24) is 9.29 Å². The zero-order valence-electron chi connectivity index (χ0n) is 16.3. The third-order valence-corrected chi connectivity index (χ3v) is 7.90. The smallest absolute Gasteiger partial charge is 0.257 e. The normalized spacial score (nSPS) is 20.6. The summed E-state index contributed by atoms with van der Waals surface area (Å²) in [6, 6.07) is 13.8. The first-order chi connectivity index (χ1) is 13.8. The van der Waals surface area contributed by atoms with Crippen LogP contribution >= 0.6 is 11.3 Å². The van der Waals surface area contributed by atoms with Crippen molar-refractivity contribution in [2.24, 2.45) is 11.8 Å². The van der Waals surface area contributed by atoms with Crippen molar-refractivity contribution in [3.8, 4) is 0 Å². The number of rotatable bonds is 4. The number of anilines is 1. The summed E-state index contributed by atoms with van der Waals surface area (Å²) in [6.45, 7) is 5.22. The Labute approximate surface area is 174 Å². The Morgan fingerprint density at radius 2 is 1.72 bits per heavy atom. The number of fused-ring (bicyclic) bond motifs is 1. The number of hydrogen-bond donors (Lipinski definition) is 1. The highest BCUT2D eigenvalue weighted by molar-refractivity contribution is 7.89. The summed E-state index contributed by atoms with van der Waals surface area (Å²) in [7, 11) is -3.56. The maximum absolute atomic E-state index is 13.0. The van der Waals surface area contributed by atoms with E-state index in [1.54, 1.807) is 16.4 Å². The maximum Gasteiger partial charge on any atom is 0.257 e. The average Bonchev–Trinajstić information content (AvgIpc) is 3.09. The number of nitrogens with zero attached hydrogens (tertiary/aromatic N) is 2. The lowest BCUT2D eigenvalue weighted by Crippen LogP contribution is -2.42. The van der Waals surface area contributed by atoms with Gasteiger partial charge < -0.3 is 0 Å². The number of para-hydroxylation sites is 1. The predicted molar refractivity (Wildman–Crippen MR) is 116 cm³/mol. The molecule has 0 spiro atoms. The highest BCUT2D eigenvalue weighted by Crippen LogP contribution is 2.28. The summed E-state index contributed by atoms with van der Waals surface area (Å²) in [6.07, 6.45) is 1.04. The van der Waals surface area contributed by atoms with Crippen LogP contribution in [0.3, 0.4) is 0 Å². The maximum atomic E-state index is 13.0. The molecule has 4 rings (SSSR count). The van der Waals surface area contributed by atoms with Crippen LogP contribution in [0, 0.1) is 11.8 Å². The number of amides is 1. The molecule has 1 aromatic heterocycles. The van der Waals surface area contributed by atoms with E-state index in [0.717, 1.165) is 16.6 Å². The van der Waals surface area contributed by atoms with Gasteiger partial charge >= 0.3 is 0 Å². The van der Waals surface area contributed by atoms with Crippen molar-refractivity contribution in [3.05, 3.63) is 54.1 Å². The monoisotopic (exact) mass is 429 g/mol. The van der Waals surface area contributed by atoms with E-state index in [2.05, 4.69) is 24.1 Å². The van der Waals surface area contributed by atoms with E-state index in [1.165, 1.54) is 23.5 Å². The molecule has 0 radical (unpaired) electrons. The Kier molecular flexibility index (Phi) is 5.42. The van der Waals surface area contributed by atoms with Crippen LogP contribution in [0.2, 0.25) is 0 Å². The Balaban J connectivity index is 1.50. The number of benzene rings is 2. The van der Waals surface area contributed by atoms with Crippen LogP contribution in [0.1, 0.15) is 30.6 Å². The third-order valence-electron chi connectivity index (χ3n) is 5.10. The molecule has 0 saturated carbocycles. The van der Waals surface area contributed by atoms with Gasteiger partial charge in [0.25, 0.3) is 5.91 Å². The molecule has 0 unspecified atom stereocenters. The SMILES string of the molecule is C[C@@H]1C[C@@H](C)CN(S(=O)(=O)c2ccc(C(=O)Nc3nc4ccccc4s3)cc2)C1. The van der Waals surface area contributed by atoms with Gasteiger partial charge in [-0.25, -0.2) is 13.4 Å². The summed E-state index contributed by atoms with van der Waals surface area (Å²) in [5, 5.41) is 3.31. The van der Waals surface area contributed by atoms with Crippen molar-refractivity contribution in [3.63, 3.8) is 0 Å². The highest BCUT2D eigenvalue weighted by atomic mass is 32.2. The van der Waals surface area contributed by atoms with Crippen molar-refractivity contribution in [2.75, 3.05) is 18.4 Å². The molecule has 2 atom stereocenters. The van der Waals surface area contributed by atoms with Gasteiger partial charge in [0.05, 0.1) is 15.1 Å². The van der Waals surface area contributed by atoms with E-state index >= 15 is 0 Å². The molecule has 29 heavy (non-hydrogen) atoms. The highest BCUT2D eigenvalue weighted by Gasteiger charge is 2.31. The Bertz CT molecular complexity index is 1100. The molecule has 2 aromatic carbocycles. The van der Waals surface area contributed by atoms with Gasteiger partial charge in [0.15, 0.2) is 5.13 Å². The average molecular weight is 430 g/mol. The molecule has 1 fully saturated rings. The molecule has 1 saturated heterocycles. The number of carbonyl (C=O) groups is 1. The van der Waals surface area contributed by atoms with E-state index in [0.29, 0.717) is 35.6 Å². The number of piperidine rings is 1. The van der Waals surface area contributed by atoms with Gasteiger partial charge in [-0.2, -0.15) is 4.31 Å². The second kappa shape index (κ2) is 7.85.